The van der Waals surface area contributed by atoms with E-state index in [-0.39, 0.29) is 12.5 Å². The number of amides is 1. The first-order chi connectivity index (χ1) is 9.03. The van der Waals surface area contributed by atoms with Gasteiger partial charge < -0.3 is 14.5 Å². The first kappa shape index (κ1) is 15.7. The van der Waals surface area contributed by atoms with Crippen molar-refractivity contribution in [3.63, 3.8) is 0 Å². The van der Waals surface area contributed by atoms with Gasteiger partial charge in [-0.1, -0.05) is 0 Å². The Morgan fingerprint density at radius 3 is 2.58 bits per heavy atom. The van der Waals surface area contributed by atoms with Crippen LogP contribution < -0.4 is 9.64 Å². The van der Waals surface area contributed by atoms with Crippen LogP contribution in [0.2, 0.25) is 0 Å². The van der Waals surface area contributed by atoms with Gasteiger partial charge in [0.2, 0.25) is 17.7 Å². The fourth-order valence-corrected chi connectivity index (χ4v) is 1.97. The van der Waals surface area contributed by atoms with E-state index in [0.29, 0.717) is 29.4 Å². The first-order valence-corrected chi connectivity index (χ1v) is 6.88. The number of nitrogens with zero attached hydrogens (tertiary/aromatic N) is 4. The Bertz CT molecular complexity index is 438. The van der Waals surface area contributed by atoms with Crippen molar-refractivity contribution in [3.05, 3.63) is 10.7 Å². The van der Waals surface area contributed by atoms with Gasteiger partial charge in [0, 0.05) is 20.1 Å². The van der Waals surface area contributed by atoms with Gasteiger partial charge in [0.15, 0.2) is 0 Å². The van der Waals surface area contributed by atoms with Crippen molar-refractivity contribution in [1.29, 1.82) is 0 Å². The van der Waals surface area contributed by atoms with Crippen LogP contribution >= 0.6 is 15.9 Å². The summed E-state index contributed by atoms with van der Waals surface area (Å²) in [6.07, 6.45) is 1.61. The predicted octanol–water partition coefficient (Wildman–Crippen LogP) is 1.55. The van der Waals surface area contributed by atoms with Crippen molar-refractivity contribution < 1.29 is 9.53 Å². The Balaban J connectivity index is 2.78. The second kappa shape index (κ2) is 7.28. The molecule has 1 aromatic heterocycles. The maximum Gasteiger partial charge on any atom is 0.242 e. The summed E-state index contributed by atoms with van der Waals surface area (Å²) in [4.78, 5) is 23.9. The highest BCUT2D eigenvalue weighted by Gasteiger charge is 2.15. The van der Waals surface area contributed by atoms with Crippen LogP contribution in [0.5, 0.6) is 5.88 Å². The van der Waals surface area contributed by atoms with Crippen LogP contribution in [0.15, 0.2) is 10.7 Å². The Labute approximate surface area is 121 Å². The number of carbonyl (C=O) groups excluding carboxylic acids is 1. The summed E-state index contributed by atoms with van der Waals surface area (Å²) in [5, 5.41) is 0. The molecule has 0 fully saturated rings. The zero-order valence-electron chi connectivity index (χ0n) is 11.7. The molecule has 1 rings (SSSR count). The van der Waals surface area contributed by atoms with Crippen LogP contribution in [-0.2, 0) is 4.79 Å². The van der Waals surface area contributed by atoms with Crippen molar-refractivity contribution in [3.8, 4) is 5.88 Å². The van der Waals surface area contributed by atoms with E-state index in [0.717, 1.165) is 0 Å². The second-order valence-electron chi connectivity index (χ2n) is 3.95. The van der Waals surface area contributed by atoms with Crippen molar-refractivity contribution in [2.24, 2.45) is 0 Å². The van der Waals surface area contributed by atoms with E-state index < -0.39 is 0 Å². The number of carbonyl (C=O) groups is 1. The number of ether oxygens (including phenoxy) is 1. The SMILES string of the molecule is CCN(CC)C(=O)CN(C)c1ncc(Br)c(OC)n1. The maximum atomic E-state index is 12.0. The molecule has 0 spiro atoms. The van der Waals surface area contributed by atoms with Crippen molar-refractivity contribution in [2.75, 3.05) is 38.7 Å². The molecule has 6 nitrogen and oxygen atoms in total. The molecule has 1 amide bonds. The van der Waals surface area contributed by atoms with Gasteiger partial charge in [-0.25, -0.2) is 4.98 Å². The smallest absolute Gasteiger partial charge is 0.242 e. The van der Waals surface area contributed by atoms with E-state index in [2.05, 4.69) is 25.9 Å². The van der Waals surface area contributed by atoms with Crippen LogP contribution in [0, 0.1) is 0 Å². The zero-order chi connectivity index (χ0) is 14.4. The van der Waals surface area contributed by atoms with Gasteiger partial charge in [-0.3, -0.25) is 4.79 Å². The fourth-order valence-electron chi connectivity index (χ4n) is 1.62. The van der Waals surface area contributed by atoms with Crippen molar-refractivity contribution in [2.45, 2.75) is 13.8 Å². The average Bonchev–Trinajstić information content (AvgIpc) is 2.40. The van der Waals surface area contributed by atoms with Crippen LogP contribution in [0.4, 0.5) is 5.95 Å². The normalized spacial score (nSPS) is 10.2. The van der Waals surface area contributed by atoms with Gasteiger partial charge in [-0.05, 0) is 29.8 Å². The molecule has 1 aromatic rings. The summed E-state index contributed by atoms with van der Waals surface area (Å²) in [5.74, 6) is 0.964. The van der Waals surface area contributed by atoms with Gasteiger partial charge in [0.05, 0.1) is 24.3 Å². The van der Waals surface area contributed by atoms with Crippen LogP contribution in [0.1, 0.15) is 13.8 Å². The minimum Gasteiger partial charge on any atom is -0.480 e. The van der Waals surface area contributed by atoms with Gasteiger partial charge in [0.25, 0.3) is 0 Å². The van der Waals surface area contributed by atoms with Crippen LogP contribution in [0.25, 0.3) is 0 Å². The third-order valence-corrected chi connectivity index (χ3v) is 3.27. The minimum atomic E-state index is 0.0537. The number of halogens is 1. The predicted molar refractivity (Wildman–Crippen MR) is 77.5 cm³/mol. The summed E-state index contributed by atoms with van der Waals surface area (Å²) in [6.45, 7) is 5.56. The molecule has 0 saturated heterocycles. The molecule has 0 aliphatic carbocycles. The third-order valence-electron chi connectivity index (χ3n) is 2.72. The lowest BCUT2D eigenvalue weighted by Gasteiger charge is -2.23. The standard InChI is InChI=1S/C12H19BrN4O2/c1-5-17(6-2)10(18)8-16(3)12-14-7-9(13)11(15-12)19-4/h7H,5-6,8H2,1-4H3. The lowest BCUT2D eigenvalue weighted by atomic mass is 10.4. The molecule has 0 unspecified atom stereocenters. The Hall–Kier alpha value is -1.37. The number of anilines is 1. The molecule has 1 heterocycles. The summed E-state index contributed by atoms with van der Waals surface area (Å²) >= 11 is 3.29. The molecule has 106 valence electrons. The highest BCUT2D eigenvalue weighted by molar-refractivity contribution is 9.10. The van der Waals surface area contributed by atoms with Crippen molar-refractivity contribution >= 4 is 27.8 Å². The van der Waals surface area contributed by atoms with E-state index >= 15 is 0 Å². The molecule has 0 aliphatic rings. The summed E-state index contributed by atoms with van der Waals surface area (Å²) in [7, 11) is 3.32. The fraction of sp³-hybridized carbons (Fsp3) is 0.583. The number of hydrogen-bond donors (Lipinski definition) is 0. The van der Waals surface area contributed by atoms with E-state index in [1.807, 2.05) is 13.8 Å². The monoisotopic (exact) mass is 330 g/mol. The molecule has 0 N–H and O–H groups in total. The number of rotatable bonds is 6. The zero-order valence-corrected chi connectivity index (χ0v) is 13.3. The highest BCUT2D eigenvalue weighted by Crippen LogP contribution is 2.22. The maximum absolute atomic E-state index is 12.0. The van der Waals surface area contributed by atoms with Gasteiger partial charge in [-0.2, -0.15) is 4.98 Å². The van der Waals surface area contributed by atoms with E-state index in [9.17, 15) is 4.79 Å². The third kappa shape index (κ3) is 4.05. The molecule has 19 heavy (non-hydrogen) atoms. The molecule has 7 heteroatoms. The number of aromatic nitrogens is 2. The quantitative estimate of drug-likeness (QED) is 0.792. The van der Waals surface area contributed by atoms with Gasteiger partial charge in [0.1, 0.15) is 0 Å². The number of methoxy groups -OCH3 is 1. The second-order valence-corrected chi connectivity index (χ2v) is 4.80. The van der Waals surface area contributed by atoms with Crippen molar-refractivity contribution in [1.82, 2.24) is 14.9 Å². The Morgan fingerprint density at radius 2 is 2.05 bits per heavy atom. The molecule has 0 atom stereocenters. The molecule has 0 bridgehead atoms. The molecule has 0 aliphatic heterocycles. The molecule has 0 aromatic carbocycles. The summed E-state index contributed by atoms with van der Waals surface area (Å²) in [5.41, 5.74) is 0. The van der Waals surface area contributed by atoms with E-state index in [1.54, 1.807) is 23.0 Å². The average molecular weight is 331 g/mol. The summed E-state index contributed by atoms with van der Waals surface area (Å²) in [6, 6.07) is 0. The van der Waals surface area contributed by atoms with Crippen LogP contribution in [-0.4, -0.2) is 54.6 Å². The lowest BCUT2D eigenvalue weighted by Crippen LogP contribution is -2.39. The van der Waals surface area contributed by atoms with Gasteiger partial charge in [-0.15, -0.1) is 0 Å². The number of likely N-dealkylation sites (N-methyl/N-ethyl adjacent to an activating group) is 2. The molecular formula is C12H19BrN4O2. The molecule has 0 saturated carbocycles. The Morgan fingerprint density at radius 1 is 1.42 bits per heavy atom. The van der Waals surface area contributed by atoms with E-state index in [4.69, 9.17) is 4.74 Å². The number of hydrogen-bond acceptors (Lipinski definition) is 5. The van der Waals surface area contributed by atoms with Crippen LogP contribution in [0.3, 0.4) is 0 Å². The first-order valence-electron chi connectivity index (χ1n) is 6.08. The Kier molecular flexibility index (Phi) is 6.01. The molecular weight excluding hydrogens is 312 g/mol. The summed E-state index contributed by atoms with van der Waals surface area (Å²) < 4.78 is 5.79. The lowest BCUT2D eigenvalue weighted by molar-refractivity contribution is -0.129. The largest absolute Gasteiger partial charge is 0.480 e. The topological polar surface area (TPSA) is 58.6 Å². The molecule has 0 radical (unpaired) electrons. The highest BCUT2D eigenvalue weighted by atomic mass is 79.9. The van der Waals surface area contributed by atoms with E-state index in [1.165, 1.54) is 7.11 Å². The van der Waals surface area contributed by atoms with Gasteiger partial charge >= 0.3 is 0 Å². The minimum absolute atomic E-state index is 0.0537.